The minimum absolute atomic E-state index is 0.134. The summed E-state index contributed by atoms with van der Waals surface area (Å²) in [5.74, 6) is -0.805. The van der Waals surface area contributed by atoms with E-state index >= 15 is 0 Å². The lowest BCUT2D eigenvalue weighted by Crippen LogP contribution is -2.54. The van der Waals surface area contributed by atoms with Gasteiger partial charge in [0.25, 0.3) is 0 Å². The Balaban J connectivity index is 2.07. The molecule has 1 saturated heterocycles. The Labute approximate surface area is 160 Å². The van der Waals surface area contributed by atoms with E-state index in [1.54, 1.807) is 7.05 Å². The molecule has 2 amide bonds. The Kier molecular flexibility index (Phi) is 7.21. The summed E-state index contributed by atoms with van der Waals surface area (Å²) in [5, 5.41) is 0. The zero-order valence-corrected chi connectivity index (χ0v) is 16.4. The van der Waals surface area contributed by atoms with Crippen LogP contribution in [0.4, 0.5) is 4.79 Å². The van der Waals surface area contributed by atoms with Crippen molar-refractivity contribution in [2.75, 3.05) is 20.7 Å². The van der Waals surface area contributed by atoms with Gasteiger partial charge in [-0.15, -0.1) is 0 Å². The summed E-state index contributed by atoms with van der Waals surface area (Å²) in [7, 11) is 2.87. The summed E-state index contributed by atoms with van der Waals surface area (Å²) >= 11 is 0. The van der Waals surface area contributed by atoms with Crippen LogP contribution in [0.5, 0.6) is 0 Å². The number of benzene rings is 1. The topological polar surface area (TPSA) is 76.2 Å². The first-order valence-electron chi connectivity index (χ1n) is 9.18. The molecule has 7 nitrogen and oxygen atoms in total. The molecule has 1 aliphatic heterocycles. The van der Waals surface area contributed by atoms with E-state index < -0.39 is 24.1 Å². The molecule has 1 aromatic carbocycles. The van der Waals surface area contributed by atoms with Crippen LogP contribution in [-0.2, 0) is 25.7 Å². The SMILES string of the molecule is COC(=O)[C@@H]1CCCN1C(=O)[C@H](C(C)C)N(C)C(=O)OCc1ccccc1. The van der Waals surface area contributed by atoms with Gasteiger partial charge in [-0.2, -0.15) is 0 Å². The van der Waals surface area contributed by atoms with E-state index in [-0.39, 0.29) is 18.4 Å². The number of nitrogens with zero attached hydrogens (tertiary/aromatic N) is 2. The van der Waals surface area contributed by atoms with Crippen molar-refractivity contribution in [3.63, 3.8) is 0 Å². The van der Waals surface area contributed by atoms with E-state index in [9.17, 15) is 14.4 Å². The molecule has 1 aromatic rings. The molecule has 0 radical (unpaired) electrons. The Morgan fingerprint density at radius 1 is 1.22 bits per heavy atom. The number of esters is 1. The average molecular weight is 376 g/mol. The van der Waals surface area contributed by atoms with Gasteiger partial charge < -0.3 is 14.4 Å². The third-order valence-corrected chi connectivity index (χ3v) is 4.80. The standard InChI is InChI=1S/C20H28N2O5/c1-14(2)17(18(23)22-12-8-11-16(22)19(24)26-4)21(3)20(25)27-13-15-9-6-5-7-10-15/h5-7,9-10,14,16-17H,8,11-13H2,1-4H3/t16-,17-/m0/s1. The number of hydrogen-bond donors (Lipinski definition) is 0. The molecule has 0 unspecified atom stereocenters. The first-order valence-corrected chi connectivity index (χ1v) is 9.18. The minimum Gasteiger partial charge on any atom is -0.467 e. The molecule has 1 heterocycles. The van der Waals surface area contributed by atoms with E-state index in [2.05, 4.69) is 0 Å². The number of likely N-dealkylation sites (N-methyl/N-ethyl adjacent to an activating group) is 1. The van der Waals surface area contributed by atoms with Crippen molar-refractivity contribution in [3.05, 3.63) is 35.9 Å². The largest absolute Gasteiger partial charge is 0.467 e. The zero-order valence-electron chi connectivity index (χ0n) is 16.4. The second kappa shape index (κ2) is 9.39. The summed E-state index contributed by atoms with van der Waals surface area (Å²) in [4.78, 5) is 40.4. The van der Waals surface area contributed by atoms with E-state index in [1.165, 1.54) is 16.9 Å². The van der Waals surface area contributed by atoms with Gasteiger partial charge in [0, 0.05) is 13.6 Å². The van der Waals surface area contributed by atoms with Crippen molar-refractivity contribution in [1.29, 1.82) is 0 Å². The number of likely N-dealkylation sites (tertiary alicyclic amines) is 1. The summed E-state index contributed by atoms with van der Waals surface area (Å²) in [6.45, 7) is 4.35. The maximum absolute atomic E-state index is 13.1. The van der Waals surface area contributed by atoms with Gasteiger partial charge in [-0.1, -0.05) is 44.2 Å². The molecule has 0 aliphatic carbocycles. The van der Waals surface area contributed by atoms with Crippen LogP contribution in [0.1, 0.15) is 32.3 Å². The quantitative estimate of drug-likeness (QED) is 0.713. The van der Waals surface area contributed by atoms with Crippen LogP contribution in [-0.4, -0.2) is 60.6 Å². The molecular formula is C20H28N2O5. The van der Waals surface area contributed by atoms with Crippen LogP contribution in [0.25, 0.3) is 0 Å². The molecule has 0 spiro atoms. The highest BCUT2D eigenvalue weighted by atomic mass is 16.6. The number of amides is 2. The second-order valence-electron chi connectivity index (χ2n) is 7.05. The van der Waals surface area contributed by atoms with E-state index in [0.29, 0.717) is 13.0 Å². The van der Waals surface area contributed by atoms with Crippen LogP contribution in [0.2, 0.25) is 0 Å². The maximum atomic E-state index is 13.1. The van der Waals surface area contributed by atoms with Crippen molar-refractivity contribution >= 4 is 18.0 Å². The van der Waals surface area contributed by atoms with Gasteiger partial charge in [0.05, 0.1) is 7.11 Å². The van der Waals surface area contributed by atoms with Gasteiger partial charge in [-0.25, -0.2) is 9.59 Å². The smallest absolute Gasteiger partial charge is 0.410 e. The van der Waals surface area contributed by atoms with Crippen molar-refractivity contribution in [3.8, 4) is 0 Å². The first kappa shape index (κ1) is 20.7. The Hall–Kier alpha value is -2.57. The lowest BCUT2D eigenvalue weighted by atomic mass is 10.0. The molecule has 2 rings (SSSR count). The van der Waals surface area contributed by atoms with Crippen molar-refractivity contribution in [1.82, 2.24) is 9.80 Å². The number of methoxy groups -OCH3 is 1. The Morgan fingerprint density at radius 2 is 1.89 bits per heavy atom. The van der Waals surface area contributed by atoms with Crippen LogP contribution >= 0.6 is 0 Å². The Morgan fingerprint density at radius 3 is 2.48 bits per heavy atom. The fraction of sp³-hybridized carbons (Fsp3) is 0.550. The minimum atomic E-state index is -0.710. The zero-order chi connectivity index (χ0) is 20.0. The highest BCUT2D eigenvalue weighted by Crippen LogP contribution is 2.23. The van der Waals surface area contributed by atoms with Gasteiger partial charge >= 0.3 is 12.1 Å². The number of hydrogen-bond acceptors (Lipinski definition) is 5. The monoisotopic (exact) mass is 376 g/mol. The van der Waals surface area contributed by atoms with Gasteiger partial charge in [0.15, 0.2) is 0 Å². The summed E-state index contributed by atoms with van der Waals surface area (Å²) < 4.78 is 10.2. The van der Waals surface area contributed by atoms with Gasteiger partial charge in [-0.3, -0.25) is 9.69 Å². The third kappa shape index (κ3) is 4.99. The van der Waals surface area contributed by atoms with Crippen molar-refractivity contribution < 1.29 is 23.9 Å². The van der Waals surface area contributed by atoms with Crippen LogP contribution < -0.4 is 0 Å². The van der Waals surface area contributed by atoms with Crippen LogP contribution in [0, 0.1) is 5.92 Å². The molecule has 0 saturated carbocycles. The second-order valence-corrected chi connectivity index (χ2v) is 7.05. The summed E-state index contributed by atoms with van der Waals surface area (Å²) in [6, 6.07) is 8.06. The first-order chi connectivity index (χ1) is 12.9. The maximum Gasteiger partial charge on any atom is 0.410 e. The molecule has 7 heteroatoms. The average Bonchev–Trinajstić information content (AvgIpc) is 3.15. The molecular weight excluding hydrogens is 348 g/mol. The summed E-state index contributed by atoms with van der Waals surface area (Å²) in [5.41, 5.74) is 0.872. The normalized spacial score (nSPS) is 17.5. The number of rotatable bonds is 6. The van der Waals surface area contributed by atoms with Gasteiger partial charge in [0.1, 0.15) is 18.7 Å². The van der Waals surface area contributed by atoms with E-state index in [1.807, 2.05) is 44.2 Å². The predicted octanol–water partition coefficient (Wildman–Crippen LogP) is 2.44. The van der Waals surface area contributed by atoms with Crippen molar-refractivity contribution in [2.24, 2.45) is 5.92 Å². The Bertz CT molecular complexity index is 662. The van der Waals surface area contributed by atoms with Crippen LogP contribution in [0.3, 0.4) is 0 Å². The fourth-order valence-electron chi connectivity index (χ4n) is 3.41. The summed E-state index contributed by atoms with van der Waals surface area (Å²) in [6.07, 6.45) is 0.740. The number of carbonyl (C=O) groups is 3. The molecule has 148 valence electrons. The van der Waals surface area contributed by atoms with Gasteiger partial charge in [0.2, 0.25) is 5.91 Å². The lowest BCUT2D eigenvalue weighted by molar-refractivity contribution is -0.153. The molecule has 27 heavy (non-hydrogen) atoms. The highest BCUT2D eigenvalue weighted by Gasteiger charge is 2.41. The highest BCUT2D eigenvalue weighted by molar-refractivity contribution is 5.90. The number of carbonyl (C=O) groups excluding carboxylic acids is 3. The molecule has 0 bridgehead atoms. The molecule has 1 aliphatic rings. The predicted molar refractivity (Wildman–Crippen MR) is 99.8 cm³/mol. The fourth-order valence-corrected chi connectivity index (χ4v) is 3.41. The molecule has 0 aromatic heterocycles. The molecule has 0 N–H and O–H groups in total. The number of ether oxygens (including phenoxy) is 2. The molecule has 1 fully saturated rings. The molecule has 2 atom stereocenters. The van der Waals surface area contributed by atoms with Crippen molar-refractivity contribution in [2.45, 2.75) is 45.4 Å². The van der Waals surface area contributed by atoms with E-state index in [0.717, 1.165) is 12.0 Å². The third-order valence-electron chi connectivity index (χ3n) is 4.80. The van der Waals surface area contributed by atoms with E-state index in [4.69, 9.17) is 9.47 Å². The lowest BCUT2D eigenvalue weighted by Gasteiger charge is -2.34. The van der Waals surface area contributed by atoms with Crippen LogP contribution in [0.15, 0.2) is 30.3 Å². The van der Waals surface area contributed by atoms with Gasteiger partial charge in [-0.05, 0) is 24.3 Å².